The number of hydrogen-bond acceptors (Lipinski definition) is 7. The minimum Gasteiger partial charge on any atom is -0.550 e. The summed E-state index contributed by atoms with van der Waals surface area (Å²) in [5, 5.41) is 39.3. The number of carboxylic acid groups (broad SMARTS) is 4. The van der Waals surface area contributed by atoms with Crippen molar-refractivity contribution in [3.8, 4) is 0 Å². The van der Waals surface area contributed by atoms with E-state index in [-0.39, 0.29) is 23.2 Å². The third-order valence-corrected chi connectivity index (χ3v) is 1.78. The van der Waals surface area contributed by atoms with Gasteiger partial charge in [-0.2, -0.15) is 0 Å². The Hall–Kier alpha value is -1.68. The molecule has 10 nitrogen and oxygen atoms in total. The number of hydrogen-bond donors (Lipinski definition) is 4. The largest absolute Gasteiger partial charge is 0.550 e. The fourth-order valence-electron chi connectivity index (χ4n) is 0.981. The third kappa shape index (κ3) is 8.97. The topological polar surface area (TPSA) is 203 Å². The Kier molecular flexibility index (Phi) is 12.1. The van der Waals surface area contributed by atoms with Crippen LogP contribution in [-0.4, -0.2) is 46.2 Å². The van der Waals surface area contributed by atoms with E-state index in [1.165, 1.54) is 0 Å². The average Bonchev–Trinajstić information content (AvgIpc) is 2.15. The maximum absolute atomic E-state index is 10.5. The molecule has 0 radical (unpaired) electrons. The molecule has 0 aliphatic carbocycles. The van der Waals surface area contributed by atoms with Crippen molar-refractivity contribution in [1.82, 2.24) is 11.5 Å². The molecular formula is C8H13FeN2O8-. The van der Waals surface area contributed by atoms with Gasteiger partial charge in [-0.25, -0.2) is 9.59 Å². The molecule has 19 heavy (non-hydrogen) atoms. The van der Waals surface area contributed by atoms with Crippen molar-refractivity contribution in [2.24, 2.45) is 0 Å². The van der Waals surface area contributed by atoms with Crippen LogP contribution < -0.4 is 21.7 Å². The molecule has 7 N–H and O–H groups in total. The van der Waals surface area contributed by atoms with E-state index < -0.39 is 48.8 Å². The quantitative estimate of drug-likeness (QED) is 0.254. The molecule has 11 heteroatoms. The van der Waals surface area contributed by atoms with Crippen molar-refractivity contribution in [2.45, 2.75) is 24.9 Å². The van der Waals surface area contributed by atoms with Crippen molar-refractivity contribution in [2.75, 3.05) is 0 Å². The molecule has 0 aromatic rings. The zero-order valence-corrected chi connectivity index (χ0v) is 10.9. The van der Waals surface area contributed by atoms with Crippen LogP contribution in [0.5, 0.6) is 0 Å². The summed E-state index contributed by atoms with van der Waals surface area (Å²) < 4.78 is 0. The zero-order chi connectivity index (χ0) is 13.6. The van der Waals surface area contributed by atoms with Gasteiger partial charge in [0.2, 0.25) is 6.04 Å². The fourth-order valence-corrected chi connectivity index (χ4v) is 0.981. The molecule has 0 aromatic heterocycles. The normalized spacial score (nSPS) is 10.8. The van der Waals surface area contributed by atoms with E-state index in [2.05, 4.69) is 0 Å². The molecule has 0 amide bonds. The summed E-state index contributed by atoms with van der Waals surface area (Å²) in [5.74, 6) is -6.92. The van der Waals surface area contributed by atoms with Crippen LogP contribution >= 0.6 is 0 Å². The molecule has 0 rings (SSSR count). The van der Waals surface area contributed by atoms with Gasteiger partial charge < -0.3 is 36.2 Å². The predicted molar refractivity (Wildman–Crippen MR) is 51.2 cm³/mol. The summed E-state index contributed by atoms with van der Waals surface area (Å²) in [5.41, 5.74) is 0. The van der Waals surface area contributed by atoms with Crippen LogP contribution in [0.2, 0.25) is 0 Å². The first-order chi connectivity index (χ1) is 7.75. The first-order valence-corrected chi connectivity index (χ1v) is 4.38. The summed E-state index contributed by atoms with van der Waals surface area (Å²) in [6, 6.07) is -3.86. The molecule has 0 aliphatic heterocycles. The van der Waals surface area contributed by atoms with Gasteiger partial charge in [-0.3, -0.25) is 5.32 Å². The Bertz CT molecular complexity index is 334. The number of carboxylic acids is 4. The van der Waals surface area contributed by atoms with E-state index in [4.69, 9.17) is 10.2 Å². The summed E-state index contributed by atoms with van der Waals surface area (Å²) in [6.07, 6.45) is -1.21. The van der Waals surface area contributed by atoms with Gasteiger partial charge in [-0.15, -0.1) is 0 Å². The smallest absolute Gasteiger partial charge is 0.332 e. The molecular weight excluding hydrogens is 308 g/mol. The molecule has 0 bridgehead atoms. The van der Waals surface area contributed by atoms with E-state index in [0.717, 1.165) is 0 Å². The third-order valence-electron chi connectivity index (χ3n) is 1.78. The van der Waals surface area contributed by atoms with Gasteiger partial charge in [0.1, 0.15) is 0 Å². The van der Waals surface area contributed by atoms with Gasteiger partial charge in [0.15, 0.2) is 0 Å². The minimum absolute atomic E-state index is 0. The molecule has 0 aromatic carbocycles. The van der Waals surface area contributed by atoms with Crippen molar-refractivity contribution in [3.63, 3.8) is 0 Å². The van der Waals surface area contributed by atoms with Crippen LogP contribution in [0, 0.1) is 0 Å². The predicted octanol–water partition coefficient (Wildman–Crippen LogP) is -3.86. The fraction of sp³-hybridized carbons (Fsp3) is 0.500. The first-order valence-electron chi connectivity index (χ1n) is 4.38. The molecule has 0 spiro atoms. The number of quaternary nitrogens is 1. The minimum atomic E-state index is -2.15. The van der Waals surface area contributed by atoms with Crippen LogP contribution in [0.1, 0.15) is 12.8 Å². The van der Waals surface area contributed by atoms with Crippen LogP contribution in [0.25, 0.3) is 0 Å². The van der Waals surface area contributed by atoms with Gasteiger partial charge in [0.05, 0.1) is 5.97 Å². The summed E-state index contributed by atoms with van der Waals surface area (Å²) in [6.45, 7) is 0. The molecule has 0 unspecified atom stereocenters. The number of aliphatic carboxylic acids is 4. The monoisotopic (exact) mass is 321 g/mol. The summed E-state index contributed by atoms with van der Waals surface area (Å²) in [7, 11) is 0. The van der Waals surface area contributed by atoms with E-state index in [1.54, 1.807) is 5.32 Å². The SMILES string of the molecule is O=C([O-])CC[C@H](NC(C(=O)O)C(=O)O)C(=O)[O-].[Fe].[NH4+]. The van der Waals surface area contributed by atoms with E-state index in [9.17, 15) is 29.4 Å². The molecule has 0 heterocycles. The van der Waals surface area contributed by atoms with Gasteiger partial charge in [-0.1, -0.05) is 0 Å². The maximum Gasteiger partial charge on any atom is 0.332 e. The number of rotatable bonds is 8. The van der Waals surface area contributed by atoms with Gasteiger partial charge in [0.25, 0.3) is 0 Å². The Morgan fingerprint density at radius 3 is 1.74 bits per heavy atom. The van der Waals surface area contributed by atoms with E-state index in [0.29, 0.717) is 0 Å². The Morgan fingerprint density at radius 2 is 1.47 bits per heavy atom. The van der Waals surface area contributed by atoms with Crippen LogP contribution in [0.3, 0.4) is 0 Å². The maximum atomic E-state index is 10.5. The second kappa shape index (κ2) is 10.3. The zero-order valence-electron chi connectivity index (χ0n) is 9.77. The molecule has 0 saturated heterocycles. The van der Waals surface area contributed by atoms with Crippen molar-refractivity contribution in [1.29, 1.82) is 0 Å². The number of carbonyl (C=O) groups excluding carboxylic acids is 2. The Morgan fingerprint density at radius 1 is 1.05 bits per heavy atom. The van der Waals surface area contributed by atoms with Crippen LogP contribution in [0.15, 0.2) is 0 Å². The second-order valence-corrected chi connectivity index (χ2v) is 3.06. The second-order valence-electron chi connectivity index (χ2n) is 3.06. The Labute approximate surface area is 117 Å². The van der Waals surface area contributed by atoms with Gasteiger partial charge in [0, 0.05) is 29.1 Å². The van der Waals surface area contributed by atoms with E-state index >= 15 is 0 Å². The van der Waals surface area contributed by atoms with Crippen molar-refractivity contribution >= 4 is 23.9 Å². The van der Waals surface area contributed by atoms with Crippen molar-refractivity contribution in [3.05, 3.63) is 0 Å². The first kappa shape index (κ1) is 22.5. The molecule has 1 atom stereocenters. The molecule has 0 aliphatic rings. The summed E-state index contributed by atoms with van der Waals surface area (Å²) in [4.78, 5) is 41.5. The number of nitrogens with one attached hydrogen (secondary N) is 1. The van der Waals surface area contributed by atoms with Gasteiger partial charge >= 0.3 is 11.9 Å². The van der Waals surface area contributed by atoms with E-state index in [1.807, 2.05) is 0 Å². The van der Waals surface area contributed by atoms with Crippen LogP contribution in [-0.2, 0) is 36.2 Å². The average molecular weight is 321 g/mol. The van der Waals surface area contributed by atoms with Crippen molar-refractivity contribution < 1.29 is 56.7 Å². The van der Waals surface area contributed by atoms with Gasteiger partial charge in [-0.05, 0) is 12.8 Å². The molecule has 0 fully saturated rings. The molecule has 112 valence electrons. The summed E-state index contributed by atoms with van der Waals surface area (Å²) >= 11 is 0. The van der Waals surface area contributed by atoms with Crippen LogP contribution in [0.4, 0.5) is 0 Å². The Balaban J connectivity index is -0.00000128. The molecule has 0 saturated carbocycles. The number of carbonyl (C=O) groups is 4. The standard InChI is InChI=1S/C8H11NO8.Fe.H3N/c10-4(11)2-1-3(6(12)13)9-5(7(14)15)8(16)17;;/h3,5,9H,1-2H2,(H,10,11)(H,12,13)(H,14,15)(H,16,17);;1H3/p-1/t3-;;/m0../s1.